The Bertz CT molecular complexity index is 1230. The Morgan fingerprint density at radius 2 is 1.78 bits per heavy atom. The first-order valence-electron chi connectivity index (χ1n) is 13.1. The van der Waals surface area contributed by atoms with Gasteiger partial charge in [0, 0.05) is 44.3 Å². The number of piperidine rings is 1. The third-order valence-electron chi connectivity index (χ3n) is 7.54. The van der Waals surface area contributed by atoms with Crippen LogP contribution in [0.25, 0.3) is 17.4 Å². The summed E-state index contributed by atoms with van der Waals surface area (Å²) < 4.78 is 13.4. The maximum atomic E-state index is 13.7. The van der Waals surface area contributed by atoms with Crippen molar-refractivity contribution in [3.8, 4) is 17.4 Å². The minimum atomic E-state index is 0.0723. The van der Waals surface area contributed by atoms with Gasteiger partial charge in [-0.2, -0.15) is 5.10 Å². The van der Waals surface area contributed by atoms with E-state index in [0.29, 0.717) is 34.9 Å². The number of amides is 1. The van der Waals surface area contributed by atoms with Gasteiger partial charge >= 0.3 is 0 Å². The second kappa shape index (κ2) is 9.44. The minimum absolute atomic E-state index is 0.0723. The Morgan fingerprint density at radius 3 is 2.44 bits per heavy atom. The van der Waals surface area contributed by atoms with Crippen LogP contribution in [0.15, 0.2) is 35.0 Å². The molecule has 5 heterocycles. The summed E-state index contributed by atoms with van der Waals surface area (Å²) in [6.07, 6.45) is 8.04. The van der Waals surface area contributed by atoms with Gasteiger partial charge in [0.2, 0.25) is 0 Å². The average Bonchev–Trinajstić information content (AvgIpc) is 3.47. The molecule has 0 bridgehead atoms. The summed E-state index contributed by atoms with van der Waals surface area (Å²) in [5.74, 6) is 2.38. The molecule has 6 rings (SSSR count). The van der Waals surface area contributed by atoms with E-state index in [1.807, 2.05) is 30.0 Å². The van der Waals surface area contributed by atoms with Crippen LogP contribution in [0.5, 0.6) is 0 Å². The zero-order chi connectivity index (χ0) is 24.8. The standard InChI is InChI=1S/C27H34N6O3/c1-17-4-7-24(36-17)23-8-11-28-27(30-23)33-25(20-5-6-20)22(14-29-33)26(34)31-12-9-21(10-13-31)32-15-18(2)35-19(3)16-32/h4,7-8,11,14,18-21H,5-6,9-10,12-13,15-16H2,1-3H3/t18-,19+. The second-order valence-corrected chi connectivity index (χ2v) is 10.5. The SMILES string of the molecule is Cc1ccc(-c2ccnc(-n3ncc(C(=O)N4CCC(N5C[C@@H](C)O[C@@H](C)C5)CC4)c3C3CC3)n2)o1. The molecule has 1 amide bonds. The quantitative estimate of drug-likeness (QED) is 0.537. The van der Waals surface area contributed by atoms with Crippen LogP contribution in [0.1, 0.15) is 67.3 Å². The lowest BCUT2D eigenvalue weighted by Crippen LogP contribution is -2.53. The molecule has 9 heteroatoms. The summed E-state index contributed by atoms with van der Waals surface area (Å²) >= 11 is 0. The monoisotopic (exact) mass is 490 g/mol. The molecule has 1 aliphatic carbocycles. The molecule has 3 aromatic rings. The number of aromatic nitrogens is 4. The summed E-state index contributed by atoms with van der Waals surface area (Å²) in [7, 11) is 0. The molecule has 0 N–H and O–H groups in total. The molecular weight excluding hydrogens is 456 g/mol. The van der Waals surface area contributed by atoms with E-state index in [0.717, 1.165) is 63.3 Å². The van der Waals surface area contributed by atoms with Crippen LogP contribution in [-0.4, -0.2) is 79.9 Å². The normalized spacial score (nSPS) is 23.8. The van der Waals surface area contributed by atoms with Gasteiger partial charge in [-0.3, -0.25) is 9.69 Å². The van der Waals surface area contributed by atoms with E-state index in [4.69, 9.17) is 14.1 Å². The number of hydrogen-bond acceptors (Lipinski definition) is 7. The van der Waals surface area contributed by atoms with Crippen LogP contribution in [-0.2, 0) is 4.74 Å². The molecule has 0 spiro atoms. The molecule has 2 atom stereocenters. The zero-order valence-corrected chi connectivity index (χ0v) is 21.3. The summed E-state index contributed by atoms with van der Waals surface area (Å²) in [5.41, 5.74) is 2.32. The topological polar surface area (TPSA) is 89.5 Å². The Hall–Kier alpha value is -3.04. The van der Waals surface area contributed by atoms with Gasteiger partial charge in [0.25, 0.3) is 11.9 Å². The van der Waals surface area contributed by atoms with Crippen molar-refractivity contribution in [1.29, 1.82) is 0 Å². The minimum Gasteiger partial charge on any atom is -0.460 e. The fourth-order valence-electron chi connectivity index (χ4n) is 5.71. The fraction of sp³-hybridized carbons (Fsp3) is 0.556. The first-order valence-corrected chi connectivity index (χ1v) is 13.1. The van der Waals surface area contributed by atoms with Crippen LogP contribution in [0.2, 0.25) is 0 Å². The van der Waals surface area contributed by atoms with E-state index in [-0.39, 0.29) is 18.1 Å². The molecule has 0 radical (unpaired) electrons. The number of likely N-dealkylation sites (tertiary alicyclic amines) is 1. The number of aryl methyl sites for hydroxylation is 1. The van der Waals surface area contributed by atoms with Gasteiger partial charge in [0.1, 0.15) is 11.5 Å². The molecule has 9 nitrogen and oxygen atoms in total. The smallest absolute Gasteiger partial charge is 0.257 e. The van der Waals surface area contributed by atoms with E-state index in [9.17, 15) is 4.79 Å². The van der Waals surface area contributed by atoms with Crippen molar-refractivity contribution in [3.05, 3.63) is 47.6 Å². The lowest BCUT2D eigenvalue weighted by Gasteiger charge is -2.43. The second-order valence-electron chi connectivity index (χ2n) is 10.5. The number of carbonyl (C=O) groups is 1. The highest BCUT2D eigenvalue weighted by Crippen LogP contribution is 2.42. The molecule has 3 aromatic heterocycles. The van der Waals surface area contributed by atoms with Crippen molar-refractivity contribution in [2.75, 3.05) is 26.2 Å². The van der Waals surface area contributed by atoms with E-state index in [2.05, 4.69) is 28.8 Å². The predicted molar refractivity (Wildman–Crippen MR) is 134 cm³/mol. The van der Waals surface area contributed by atoms with Gasteiger partial charge in [0.05, 0.1) is 29.7 Å². The van der Waals surface area contributed by atoms with Crippen molar-refractivity contribution in [3.63, 3.8) is 0 Å². The number of hydrogen-bond donors (Lipinski definition) is 0. The summed E-state index contributed by atoms with van der Waals surface area (Å²) in [6, 6.07) is 6.16. The van der Waals surface area contributed by atoms with Crippen molar-refractivity contribution >= 4 is 5.91 Å². The molecular formula is C27H34N6O3. The van der Waals surface area contributed by atoms with E-state index < -0.39 is 0 Å². The highest BCUT2D eigenvalue weighted by atomic mass is 16.5. The Labute approximate surface area is 211 Å². The molecule has 0 aromatic carbocycles. The molecule has 190 valence electrons. The van der Waals surface area contributed by atoms with Gasteiger partial charge in [0.15, 0.2) is 5.76 Å². The number of rotatable bonds is 5. The Kier molecular flexibility index (Phi) is 6.13. The van der Waals surface area contributed by atoms with E-state index in [1.54, 1.807) is 17.1 Å². The third-order valence-corrected chi connectivity index (χ3v) is 7.54. The first-order chi connectivity index (χ1) is 17.5. The van der Waals surface area contributed by atoms with Crippen LogP contribution in [0.4, 0.5) is 0 Å². The maximum Gasteiger partial charge on any atom is 0.257 e. The maximum absolute atomic E-state index is 13.7. The Morgan fingerprint density at radius 1 is 1.03 bits per heavy atom. The van der Waals surface area contributed by atoms with Crippen LogP contribution in [0.3, 0.4) is 0 Å². The number of ether oxygens (including phenoxy) is 1. The zero-order valence-electron chi connectivity index (χ0n) is 21.3. The third kappa shape index (κ3) is 4.57. The molecule has 0 unspecified atom stereocenters. The van der Waals surface area contributed by atoms with Crippen LogP contribution < -0.4 is 0 Å². The van der Waals surface area contributed by atoms with Gasteiger partial charge in [-0.05, 0) is 64.7 Å². The molecule has 3 aliphatic rings. The van der Waals surface area contributed by atoms with Crippen LogP contribution >= 0.6 is 0 Å². The van der Waals surface area contributed by atoms with Gasteiger partial charge < -0.3 is 14.1 Å². The number of carbonyl (C=O) groups excluding carboxylic acids is 1. The van der Waals surface area contributed by atoms with Crippen molar-refractivity contribution < 1.29 is 13.9 Å². The van der Waals surface area contributed by atoms with Crippen molar-refractivity contribution in [2.24, 2.45) is 0 Å². The van der Waals surface area contributed by atoms with Gasteiger partial charge in [-0.15, -0.1) is 0 Å². The molecule has 36 heavy (non-hydrogen) atoms. The highest BCUT2D eigenvalue weighted by molar-refractivity contribution is 5.95. The molecule has 1 saturated carbocycles. The van der Waals surface area contributed by atoms with Crippen molar-refractivity contribution in [2.45, 2.75) is 70.6 Å². The fourth-order valence-corrected chi connectivity index (χ4v) is 5.71. The largest absolute Gasteiger partial charge is 0.460 e. The van der Waals surface area contributed by atoms with Crippen molar-refractivity contribution in [1.82, 2.24) is 29.5 Å². The predicted octanol–water partition coefficient (Wildman–Crippen LogP) is 3.82. The highest BCUT2D eigenvalue weighted by Gasteiger charge is 2.37. The number of morpholine rings is 1. The molecule has 3 fully saturated rings. The average molecular weight is 491 g/mol. The number of furan rings is 1. The molecule has 2 aliphatic heterocycles. The van der Waals surface area contributed by atoms with E-state index >= 15 is 0 Å². The lowest BCUT2D eigenvalue weighted by atomic mass is 10.00. The van der Waals surface area contributed by atoms with E-state index in [1.165, 1.54) is 0 Å². The molecule has 2 saturated heterocycles. The summed E-state index contributed by atoms with van der Waals surface area (Å²) in [4.78, 5) is 27.4. The van der Waals surface area contributed by atoms with Gasteiger partial charge in [-0.25, -0.2) is 14.6 Å². The Balaban J connectivity index is 1.20. The summed E-state index contributed by atoms with van der Waals surface area (Å²) in [6.45, 7) is 9.68. The summed E-state index contributed by atoms with van der Waals surface area (Å²) in [5, 5.41) is 4.60. The first kappa shape index (κ1) is 23.4. The van der Waals surface area contributed by atoms with Gasteiger partial charge in [-0.1, -0.05) is 0 Å². The van der Waals surface area contributed by atoms with Crippen LogP contribution in [0, 0.1) is 6.92 Å². The lowest BCUT2D eigenvalue weighted by molar-refractivity contribution is -0.0856. The number of nitrogens with zero attached hydrogens (tertiary/aromatic N) is 6.